The van der Waals surface area contributed by atoms with Gasteiger partial charge in [0.25, 0.3) is 0 Å². The lowest BCUT2D eigenvalue weighted by Crippen LogP contribution is -1.92. The molecule has 0 amide bonds. The largest absolute Gasteiger partial charge is 0.0836 e. The van der Waals surface area contributed by atoms with Gasteiger partial charge in [-0.3, -0.25) is 0 Å². The van der Waals surface area contributed by atoms with Crippen LogP contribution in [0.15, 0.2) is 170 Å². The van der Waals surface area contributed by atoms with E-state index >= 15 is 0 Å². The van der Waals surface area contributed by atoms with Crippen LogP contribution in [-0.4, -0.2) is 0 Å². The highest BCUT2D eigenvalue weighted by Crippen LogP contribution is 2.46. The molecule has 1 aliphatic carbocycles. The highest BCUT2D eigenvalue weighted by molar-refractivity contribution is 6.23. The van der Waals surface area contributed by atoms with Gasteiger partial charge in [0.1, 0.15) is 0 Å². The fourth-order valence-corrected chi connectivity index (χ4v) is 7.63. The lowest BCUT2D eigenvalue weighted by Gasteiger charge is -2.19. The van der Waals surface area contributed by atoms with Gasteiger partial charge in [0.2, 0.25) is 0 Å². The highest BCUT2D eigenvalue weighted by atomic mass is 14.2. The predicted molar refractivity (Wildman–Crippen MR) is 199 cm³/mol. The minimum atomic E-state index is 1.10. The van der Waals surface area contributed by atoms with E-state index in [9.17, 15) is 0 Å². The second-order valence-electron chi connectivity index (χ2n) is 12.3. The summed E-state index contributed by atoms with van der Waals surface area (Å²) in [5.41, 5.74) is 10.2. The van der Waals surface area contributed by atoms with Crippen LogP contribution in [0.5, 0.6) is 0 Å². The molecule has 0 spiro atoms. The minimum Gasteiger partial charge on any atom is -0.0836 e. The fourth-order valence-electron chi connectivity index (χ4n) is 7.63. The van der Waals surface area contributed by atoms with Gasteiger partial charge >= 0.3 is 0 Å². The summed E-state index contributed by atoms with van der Waals surface area (Å²) in [4.78, 5) is 0. The van der Waals surface area contributed by atoms with Crippen molar-refractivity contribution in [2.45, 2.75) is 12.8 Å². The monoisotopic (exact) mass is 584 g/mol. The van der Waals surface area contributed by atoms with E-state index in [0.717, 1.165) is 12.8 Å². The van der Waals surface area contributed by atoms with Crippen molar-refractivity contribution in [2.24, 2.45) is 0 Å². The first-order valence-electron chi connectivity index (χ1n) is 16.3. The molecule has 0 aromatic heterocycles. The number of rotatable bonds is 4. The topological polar surface area (TPSA) is 0 Å². The quantitative estimate of drug-likeness (QED) is 0.181. The van der Waals surface area contributed by atoms with Gasteiger partial charge in [-0.05, 0) is 107 Å². The van der Waals surface area contributed by atoms with E-state index in [4.69, 9.17) is 0 Å². The van der Waals surface area contributed by atoms with Gasteiger partial charge in [-0.1, -0.05) is 164 Å². The van der Waals surface area contributed by atoms with E-state index in [1.807, 2.05) is 0 Å². The van der Waals surface area contributed by atoms with E-state index in [1.54, 1.807) is 0 Å². The SMILES string of the molecule is C1=CC(c2ccc(-c3cccc(-c4c5ccccc5c(-c5cccc6ccccc56)c5ccccc45)c3)c3ccccc23)=CCC1. The van der Waals surface area contributed by atoms with Crippen LogP contribution in [0, 0.1) is 0 Å². The Kier molecular flexibility index (Phi) is 6.39. The summed E-state index contributed by atoms with van der Waals surface area (Å²) in [6.45, 7) is 0. The van der Waals surface area contributed by atoms with Crippen molar-refractivity contribution >= 4 is 48.7 Å². The van der Waals surface area contributed by atoms with Crippen LogP contribution < -0.4 is 0 Å². The van der Waals surface area contributed by atoms with Crippen molar-refractivity contribution in [2.75, 3.05) is 0 Å². The second kappa shape index (κ2) is 11.0. The van der Waals surface area contributed by atoms with Crippen molar-refractivity contribution in [3.8, 4) is 33.4 Å². The highest BCUT2D eigenvalue weighted by Gasteiger charge is 2.18. The van der Waals surface area contributed by atoms with Gasteiger partial charge in [-0.2, -0.15) is 0 Å². The number of hydrogen-bond donors (Lipinski definition) is 0. The Morgan fingerprint density at radius 3 is 1.59 bits per heavy atom. The Hall–Kier alpha value is -5.72. The van der Waals surface area contributed by atoms with Gasteiger partial charge in [-0.15, -0.1) is 0 Å². The van der Waals surface area contributed by atoms with Crippen LogP contribution in [0.1, 0.15) is 18.4 Å². The minimum absolute atomic E-state index is 1.10. The third-order valence-electron chi connectivity index (χ3n) is 9.68. The summed E-state index contributed by atoms with van der Waals surface area (Å²) >= 11 is 0. The maximum absolute atomic E-state index is 2.40. The molecule has 46 heavy (non-hydrogen) atoms. The molecule has 0 N–H and O–H groups in total. The smallest absolute Gasteiger partial charge is 0.00201 e. The molecule has 8 aromatic rings. The normalized spacial score (nSPS) is 13.1. The Balaban J connectivity index is 1.29. The lowest BCUT2D eigenvalue weighted by atomic mass is 9.84. The summed E-state index contributed by atoms with van der Waals surface area (Å²) in [6, 6.07) is 56.0. The maximum Gasteiger partial charge on any atom is -0.00201 e. The van der Waals surface area contributed by atoms with Gasteiger partial charge < -0.3 is 0 Å². The van der Waals surface area contributed by atoms with E-state index < -0.39 is 0 Å². The molecule has 0 bridgehead atoms. The molecule has 0 heterocycles. The third-order valence-corrected chi connectivity index (χ3v) is 9.68. The summed E-state index contributed by atoms with van der Waals surface area (Å²) < 4.78 is 0. The fraction of sp³-hybridized carbons (Fsp3) is 0.0435. The van der Waals surface area contributed by atoms with Crippen LogP contribution in [0.4, 0.5) is 0 Å². The average Bonchev–Trinajstić information content (AvgIpc) is 3.13. The predicted octanol–water partition coefficient (Wildman–Crippen LogP) is 13.0. The second-order valence-corrected chi connectivity index (χ2v) is 12.3. The molecular weight excluding hydrogens is 553 g/mol. The standard InChI is InChI=1S/C46H32/c1-2-14-31(15-3-1)36-28-29-37(39-22-7-6-21-38(36)39)33-18-12-19-34(30-33)45-41-23-8-10-25-43(41)46(44-26-11-9-24-42(44)45)40-27-13-17-32-16-4-5-20-35(32)40/h2,4-30H,1,3H2. The van der Waals surface area contributed by atoms with E-state index in [-0.39, 0.29) is 0 Å². The molecule has 0 fully saturated rings. The lowest BCUT2D eigenvalue weighted by molar-refractivity contribution is 1.04. The first-order chi connectivity index (χ1) is 22.8. The Labute approximate surface area is 269 Å². The number of hydrogen-bond acceptors (Lipinski definition) is 0. The average molecular weight is 585 g/mol. The molecule has 0 atom stereocenters. The first-order valence-corrected chi connectivity index (χ1v) is 16.3. The number of allylic oxidation sites excluding steroid dienone is 4. The van der Waals surface area contributed by atoms with E-state index in [0.29, 0.717) is 0 Å². The molecule has 8 aromatic carbocycles. The summed E-state index contributed by atoms with van der Waals surface area (Å²) in [7, 11) is 0. The van der Waals surface area contributed by atoms with Crippen molar-refractivity contribution in [1.82, 2.24) is 0 Å². The Morgan fingerprint density at radius 1 is 0.348 bits per heavy atom. The molecule has 0 unspecified atom stereocenters. The van der Waals surface area contributed by atoms with E-state index in [1.165, 1.54) is 87.6 Å². The molecule has 0 nitrogen and oxygen atoms in total. The van der Waals surface area contributed by atoms with Crippen molar-refractivity contribution in [1.29, 1.82) is 0 Å². The molecule has 0 saturated heterocycles. The van der Waals surface area contributed by atoms with Gasteiger partial charge in [0, 0.05) is 0 Å². The zero-order valence-electron chi connectivity index (χ0n) is 25.6. The molecule has 9 rings (SSSR count). The van der Waals surface area contributed by atoms with Gasteiger partial charge in [0.05, 0.1) is 0 Å². The third kappa shape index (κ3) is 4.30. The molecular formula is C46H32. The zero-order chi connectivity index (χ0) is 30.5. The Morgan fingerprint density at radius 2 is 0.891 bits per heavy atom. The molecule has 0 aliphatic heterocycles. The van der Waals surface area contributed by atoms with Crippen molar-refractivity contribution in [3.05, 3.63) is 175 Å². The Bertz CT molecular complexity index is 2460. The summed E-state index contributed by atoms with van der Waals surface area (Å²) in [6.07, 6.45) is 9.18. The van der Waals surface area contributed by atoms with Gasteiger partial charge in [0.15, 0.2) is 0 Å². The molecule has 216 valence electrons. The van der Waals surface area contributed by atoms with Crippen LogP contribution in [-0.2, 0) is 0 Å². The van der Waals surface area contributed by atoms with Crippen molar-refractivity contribution < 1.29 is 0 Å². The van der Waals surface area contributed by atoms with Crippen LogP contribution in [0.3, 0.4) is 0 Å². The van der Waals surface area contributed by atoms with Crippen LogP contribution in [0.2, 0.25) is 0 Å². The van der Waals surface area contributed by atoms with Crippen LogP contribution >= 0.6 is 0 Å². The maximum atomic E-state index is 2.40. The van der Waals surface area contributed by atoms with Crippen LogP contribution in [0.25, 0.3) is 82.0 Å². The molecule has 0 radical (unpaired) electrons. The van der Waals surface area contributed by atoms with E-state index in [2.05, 4.69) is 170 Å². The van der Waals surface area contributed by atoms with Crippen molar-refractivity contribution in [3.63, 3.8) is 0 Å². The number of benzene rings is 8. The molecule has 0 heteroatoms. The summed E-state index contributed by atoms with van der Waals surface area (Å²) in [5, 5.41) is 10.2. The number of fused-ring (bicyclic) bond motifs is 4. The molecule has 1 aliphatic rings. The van der Waals surface area contributed by atoms with Gasteiger partial charge in [-0.25, -0.2) is 0 Å². The molecule has 0 saturated carbocycles. The summed E-state index contributed by atoms with van der Waals surface area (Å²) in [5.74, 6) is 0. The zero-order valence-corrected chi connectivity index (χ0v) is 25.6. The first kappa shape index (κ1) is 26.7.